The molecule has 5 aromatic rings. The van der Waals surface area contributed by atoms with Crippen molar-refractivity contribution in [3.8, 4) is 11.3 Å². The lowest BCUT2D eigenvalue weighted by atomic mass is 9.62. The summed E-state index contributed by atoms with van der Waals surface area (Å²) in [4.78, 5) is 4.68. The first-order chi connectivity index (χ1) is 20.4. The van der Waals surface area contributed by atoms with Crippen LogP contribution in [-0.2, 0) is 6.37 Å². The fourth-order valence-electron chi connectivity index (χ4n) is 7.57. The Morgan fingerprint density at radius 3 is 2.50 bits per heavy atom. The molecular formula is C38H43NO. The van der Waals surface area contributed by atoms with E-state index in [-0.39, 0.29) is 0 Å². The van der Waals surface area contributed by atoms with Crippen molar-refractivity contribution < 1.29 is 8.53 Å². The highest BCUT2D eigenvalue weighted by Crippen LogP contribution is 2.51. The number of aromatic nitrogens is 1. The minimum absolute atomic E-state index is 0.483. The summed E-state index contributed by atoms with van der Waals surface area (Å²) in [5, 5.41) is 4.35. The number of fused-ring (bicyclic) bond motifs is 5. The van der Waals surface area contributed by atoms with Gasteiger partial charge in [-0.25, -0.2) is 0 Å². The molecule has 0 bridgehead atoms. The third-order valence-corrected chi connectivity index (χ3v) is 9.57. The van der Waals surface area contributed by atoms with E-state index in [0.29, 0.717) is 16.7 Å². The van der Waals surface area contributed by atoms with E-state index in [0.717, 1.165) is 62.2 Å². The van der Waals surface area contributed by atoms with Crippen LogP contribution in [0, 0.1) is 17.8 Å². The fourth-order valence-corrected chi connectivity index (χ4v) is 7.57. The molecule has 2 aliphatic carbocycles. The van der Waals surface area contributed by atoms with E-state index in [1.807, 2.05) is 39.0 Å². The lowest BCUT2D eigenvalue weighted by molar-refractivity contribution is 0.114. The first-order valence-electron chi connectivity index (χ1n) is 16.8. The molecule has 2 heteroatoms. The zero-order valence-electron chi connectivity index (χ0n) is 27.5. The summed E-state index contributed by atoms with van der Waals surface area (Å²) in [6.45, 7) is 7.93. The first-order valence-corrected chi connectivity index (χ1v) is 15.3. The third-order valence-electron chi connectivity index (χ3n) is 9.57. The topological polar surface area (TPSA) is 26.0 Å². The average molecular weight is 533 g/mol. The van der Waals surface area contributed by atoms with Crippen LogP contribution in [0.1, 0.15) is 105 Å². The Hall–Kier alpha value is -3.13. The van der Waals surface area contributed by atoms with Crippen molar-refractivity contribution >= 4 is 32.7 Å². The maximum atomic E-state index is 9.59. The van der Waals surface area contributed by atoms with Crippen molar-refractivity contribution in [2.24, 2.45) is 10.8 Å². The van der Waals surface area contributed by atoms with Crippen molar-refractivity contribution in [2.45, 2.75) is 97.7 Å². The number of benzene rings is 3. The monoisotopic (exact) mass is 532 g/mol. The number of pyridine rings is 1. The summed E-state index contributed by atoms with van der Waals surface area (Å²) in [5.41, 5.74) is 6.03. The summed E-state index contributed by atoms with van der Waals surface area (Å²) >= 11 is 0. The van der Waals surface area contributed by atoms with Gasteiger partial charge in [-0.3, -0.25) is 4.98 Å². The number of para-hydroxylation sites is 1. The highest BCUT2D eigenvalue weighted by Gasteiger charge is 2.36. The van der Waals surface area contributed by atoms with Gasteiger partial charge in [-0.15, -0.1) is 0 Å². The zero-order valence-corrected chi connectivity index (χ0v) is 24.5. The number of hydrogen-bond donors (Lipinski definition) is 0. The first kappa shape index (κ1) is 22.5. The molecule has 40 heavy (non-hydrogen) atoms. The summed E-state index contributed by atoms with van der Waals surface area (Å²) in [6, 6.07) is 18.7. The van der Waals surface area contributed by atoms with Crippen LogP contribution < -0.4 is 0 Å². The second-order valence-corrected chi connectivity index (χ2v) is 13.6. The van der Waals surface area contributed by atoms with Crippen LogP contribution in [0.3, 0.4) is 0 Å². The van der Waals surface area contributed by atoms with Gasteiger partial charge in [0, 0.05) is 32.0 Å². The Bertz CT molecular complexity index is 1840. The molecule has 2 nitrogen and oxygen atoms in total. The average Bonchev–Trinajstić information content (AvgIpc) is 3.40. The van der Waals surface area contributed by atoms with Gasteiger partial charge in [0.15, 0.2) is 0 Å². The molecule has 0 saturated heterocycles. The maximum absolute atomic E-state index is 9.59. The van der Waals surface area contributed by atoms with Gasteiger partial charge in [-0.1, -0.05) is 70.4 Å². The minimum Gasteiger partial charge on any atom is -0.455 e. The number of rotatable bonds is 3. The van der Waals surface area contributed by atoms with Gasteiger partial charge in [-0.2, -0.15) is 0 Å². The van der Waals surface area contributed by atoms with Crippen molar-refractivity contribution in [3.05, 3.63) is 77.5 Å². The minimum atomic E-state index is -1.52. The van der Waals surface area contributed by atoms with Crippen molar-refractivity contribution in [1.29, 1.82) is 0 Å². The quantitative estimate of drug-likeness (QED) is 0.231. The number of furan rings is 1. The highest BCUT2D eigenvalue weighted by molar-refractivity contribution is 6.18. The van der Waals surface area contributed by atoms with Crippen LogP contribution in [0.2, 0.25) is 0 Å². The maximum Gasteiger partial charge on any atom is 0.144 e. The predicted molar refractivity (Wildman–Crippen MR) is 169 cm³/mol. The summed E-state index contributed by atoms with van der Waals surface area (Å²) in [7, 11) is 0. The molecule has 206 valence electrons. The van der Waals surface area contributed by atoms with Crippen molar-refractivity contribution in [1.82, 2.24) is 4.98 Å². The van der Waals surface area contributed by atoms with E-state index in [9.17, 15) is 1.37 Å². The van der Waals surface area contributed by atoms with Gasteiger partial charge >= 0.3 is 0 Å². The van der Waals surface area contributed by atoms with E-state index in [1.165, 1.54) is 44.9 Å². The predicted octanol–water partition coefficient (Wildman–Crippen LogP) is 11.3. The number of nitrogens with zero attached hydrogens (tertiary/aromatic N) is 1. The van der Waals surface area contributed by atoms with Gasteiger partial charge in [0.1, 0.15) is 11.2 Å². The molecule has 0 amide bonds. The zero-order chi connectivity index (χ0) is 30.2. The lowest BCUT2D eigenvalue weighted by Gasteiger charge is -2.43. The SMILES string of the molecule is [2H]C1(c2ccc3cc(C)c4c5cccc(-c6cc(C([2H])([2H])C(C)(C)C)ccn6)c5oc4c3c2)CCC2(CCCCC2)CC1. The molecule has 0 unspecified atom stereocenters. The van der Waals surface area contributed by atoms with Gasteiger partial charge < -0.3 is 4.42 Å². The third kappa shape index (κ3) is 4.64. The highest BCUT2D eigenvalue weighted by atomic mass is 16.3. The Kier molecular flexibility index (Phi) is 5.50. The molecule has 2 saturated carbocycles. The molecule has 0 radical (unpaired) electrons. The van der Waals surface area contributed by atoms with Gasteiger partial charge in [0.2, 0.25) is 0 Å². The van der Waals surface area contributed by atoms with Crippen LogP contribution in [0.5, 0.6) is 0 Å². The summed E-state index contributed by atoms with van der Waals surface area (Å²) in [5.74, 6) is -0.554. The molecule has 7 rings (SSSR count). The smallest absolute Gasteiger partial charge is 0.144 e. The molecule has 2 fully saturated rings. The van der Waals surface area contributed by atoms with E-state index in [2.05, 4.69) is 42.2 Å². The molecule has 0 N–H and O–H groups in total. The molecule has 2 heterocycles. The van der Waals surface area contributed by atoms with Crippen molar-refractivity contribution in [3.63, 3.8) is 0 Å². The van der Waals surface area contributed by atoms with Gasteiger partial charge in [-0.05, 0) is 115 Å². The van der Waals surface area contributed by atoms with Crippen LogP contribution in [0.15, 0.2) is 65.2 Å². The second kappa shape index (κ2) is 9.75. The van der Waals surface area contributed by atoms with E-state index in [1.54, 1.807) is 12.3 Å². The largest absolute Gasteiger partial charge is 0.455 e. The lowest BCUT2D eigenvalue weighted by Crippen LogP contribution is -2.29. The Balaban J connectivity index is 1.34. The van der Waals surface area contributed by atoms with Crippen LogP contribution in [0.4, 0.5) is 0 Å². The standard InChI is InChI=1S/C38H43NO/c1-25-21-29-12-11-28(27-13-18-38(19-14-27)16-6-5-7-17-38)23-32(29)36-34(25)31-10-8-9-30(35(31)40-36)33-22-26(15-20-39-33)24-37(2,3)4/h8-12,15,20-23,27H,5-7,13-14,16-19,24H2,1-4H3/i24D2,27D. The number of hydrogen-bond acceptors (Lipinski definition) is 2. The molecule has 1 spiro atoms. The Morgan fingerprint density at radius 2 is 1.73 bits per heavy atom. The van der Waals surface area contributed by atoms with Crippen LogP contribution in [-0.4, -0.2) is 4.98 Å². The summed E-state index contributed by atoms with van der Waals surface area (Å²) < 4.78 is 34.0. The van der Waals surface area contributed by atoms with E-state index >= 15 is 0 Å². The molecule has 2 aromatic heterocycles. The van der Waals surface area contributed by atoms with Gasteiger partial charge in [0.25, 0.3) is 0 Å². The normalized spacial score (nSPS) is 20.6. The van der Waals surface area contributed by atoms with Crippen LogP contribution >= 0.6 is 0 Å². The Labute approximate surface area is 243 Å². The van der Waals surface area contributed by atoms with E-state index < -0.39 is 17.7 Å². The molecule has 3 aromatic carbocycles. The van der Waals surface area contributed by atoms with Gasteiger partial charge in [0.05, 0.1) is 5.69 Å². The summed E-state index contributed by atoms with van der Waals surface area (Å²) in [6.07, 6.45) is 11.2. The molecular weight excluding hydrogens is 486 g/mol. The molecule has 0 atom stereocenters. The van der Waals surface area contributed by atoms with Crippen molar-refractivity contribution in [2.75, 3.05) is 0 Å². The second-order valence-electron chi connectivity index (χ2n) is 13.6. The van der Waals surface area contributed by atoms with E-state index in [4.69, 9.17) is 7.16 Å². The number of aryl methyl sites for hydroxylation is 1. The Morgan fingerprint density at radius 1 is 0.925 bits per heavy atom. The molecule has 2 aliphatic rings. The fraction of sp³-hybridized carbons (Fsp3) is 0.447. The molecule has 0 aliphatic heterocycles. The van der Waals surface area contributed by atoms with Crippen LogP contribution in [0.25, 0.3) is 44.0 Å².